The Morgan fingerprint density at radius 1 is 1.59 bits per heavy atom. The molecule has 0 aliphatic carbocycles. The number of carbonyl (C=O) groups is 1. The van der Waals surface area contributed by atoms with Crippen molar-refractivity contribution in [2.75, 3.05) is 18.5 Å². The van der Waals surface area contributed by atoms with Crippen LogP contribution in [0.3, 0.4) is 0 Å². The van der Waals surface area contributed by atoms with Crippen LogP contribution in [0.1, 0.15) is 23.7 Å². The van der Waals surface area contributed by atoms with Crippen LogP contribution < -0.4 is 11.1 Å². The predicted octanol–water partition coefficient (Wildman–Crippen LogP) is 2.79. The van der Waals surface area contributed by atoms with E-state index in [9.17, 15) is 4.79 Å². The molecule has 94 valence electrons. The molecule has 0 aromatic heterocycles. The van der Waals surface area contributed by atoms with Gasteiger partial charge in [0.25, 0.3) is 5.91 Å². The molecule has 3 N–H and O–H groups in total. The number of carbonyl (C=O) groups excluding carboxylic acids is 1. The summed E-state index contributed by atoms with van der Waals surface area (Å²) in [5.41, 5.74) is 6.62. The zero-order chi connectivity index (χ0) is 12.8. The first-order chi connectivity index (χ1) is 8.04. The van der Waals surface area contributed by atoms with Gasteiger partial charge in [0.2, 0.25) is 0 Å². The molecule has 0 saturated heterocycles. The van der Waals surface area contributed by atoms with Gasteiger partial charge in [-0.2, -0.15) is 11.8 Å². The molecule has 1 aromatic carbocycles. The zero-order valence-electron chi connectivity index (χ0n) is 10.00. The molecule has 1 amide bonds. The summed E-state index contributed by atoms with van der Waals surface area (Å²) in [4.78, 5) is 11.8. The summed E-state index contributed by atoms with van der Waals surface area (Å²) in [6.45, 7) is 2.79. The predicted molar refractivity (Wildman–Crippen MR) is 75.8 cm³/mol. The minimum absolute atomic E-state index is 0.146. The normalized spacial score (nSPS) is 12.2. The zero-order valence-corrected chi connectivity index (χ0v) is 11.6. The first-order valence-corrected chi connectivity index (χ1v) is 7.07. The molecule has 0 aliphatic rings. The number of amides is 1. The van der Waals surface area contributed by atoms with Crippen molar-refractivity contribution < 1.29 is 4.79 Å². The van der Waals surface area contributed by atoms with E-state index in [1.165, 1.54) is 0 Å². The van der Waals surface area contributed by atoms with Crippen LogP contribution in [0.2, 0.25) is 5.02 Å². The van der Waals surface area contributed by atoms with Crippen LogP contribution in [0.15, 0.2) is 18.2 Å². The summed E-state index contributed by atoms with van der Waals surface area (Å²) in [6, 6.07) is 4.89. The fraction of sp³-hybridized carbons (Fsp3) is 0.417. The molecule has 0 saturated carbocycles. The van der Waals surface area contributed by atoms with Gasteiger partial charge in [-0.05, 0) is 30.9 Å². The number of benzene rings is 1. The highest BCUT2D eigenvalue weighted by Crippen LogP contribution is 2.17. The number of rotatable bonds is 5. The van der Waals surface area contributed by atoms with Gasteiger partial charge in [-0.25, -0.2) is 0 Å². The third-order valence-corrected chi connectivity index (χ3v) is 3.77. The highest BCUT2D eigenvalue weighted by Gasteiger charge is 2.09. The Balaban J connectivity index is 2.52. The van der Waals surface area contributed by atoms with Crippen molar-refractivity contribution in [1.29, 1.82) is 0 Å². The van der Waals surface area contributed by atoms with Crippen LogP contribution in [-0.2, 0) is 0 Å². The molecule has 0 radical (unpaired) electrons. The molecular formula is C12H17ClN2OS. The van der Waals surface area contributed by atoms with Crippen LogP contribution >= 0.6 is 23.4 Å². The van der Waals surface area contributed by atoms with E-state index < -0.39 is 0 Å². The summed E-state index contributed by atoms with van der Waals surface area (Å²) in [7, 11) is 0. The van der Waals surface area contributed by atoms with Gasteiger partial charge in [0.05, 0.1) is 5.56 Å². The maximum Gasteiger partial charge on any atom is 0.253 e. The summed E-state index contributed by atoms with van der Waals surface area (Å²) >= 11 is 7.56. The Bertz CT molecular complexity index is 398. The van der Waals surface area contributed by atoms with Crippen molar-refractivity contribution in [1.82, 2.24) is 5.32 Å². The van der Waals surface area contributed by atoms with Crippen LogP contribution in [-0.4, -0.2) is 24.0 Å². The highest BCUT2D eigenvalue weighted by atomic mass is 35.5. The van der Waals surface area contributed by atoms with Crippen molar-refractivity contribution in [2.45, 2.75) is 18.6 Å². The number of nitrogens with two attached hydrogens (primary N) is 1. The molecule has 1 aromatic rings. The average molecular weight is 273 g/mol. The molecule has 0 fully saturated rings. The van der Waals surface area contributed by atoms with Crippen LogP contribution in [0.25, 0.3) is 0 Å². The lowest BCUT2D eigenvalue weighted by Crippen LogP contribution is -2.26. The quantitative estimate of drug-likeness (QED) is 0.811. The van der Waals surface area contributed by atoms with Crippen molar-refractivity contribution in [2.24, 2.45) is 0 Å². The lowest BCUT2D eigenvalue weighted by Gasteiger charge is -2.10. The third-order valence-electron chi connectivity index (χ3n) is 2.50. The number of nitrogen functional groups attached to an aromatic ring is 1. The van der Waals surface area contributed by atoms with E-state index in [-0.39, 0.29) is 5.91 Å². The van der Waals surface area contributed by atoms with Crippen molar-refractivity contribution in [3.63, 3.8) is 0 Å². The van der Waals surface area contributed by atoms with E-state index in [0.29, 0.717) is 28.1 Å². The Kier molecular flexibility index (Phi) is 5.65. The molecule has 0 aliphatic heterocycles. The second-order valence-electron chi connectivity index (χ2n) is 3.82. The molecule has 0 spiro atoms. The lowest BCUT2D eigenvalue weighted by atomic mass is 10.1. The largest absolute Gasteiger partial charge is 0.398 e. The van der Waals surface area contributed by atoms with E-state index in [4.69, 9.17) is 17.3 Å². The van der Waals surface area contributed by atoms with Crippen LogP contribution in [0, 0.1) is 0 Å². The van der Waals surface area contributed by atoms with E-state index in [1.807, 2.05) is 0 Å². The topological polar surface area (TPSA) is 55.1 Å². The molecule has 0 heterocycles. The summed E-state index contributed by atoms with van der Waals surface area (Å²) in [5, 5.41) is 3.93. The Labute approximate surface area is 111 Å². The van der Waals surface area contributed by atoms with Gasteiger partial charge in [-0.3, -0.25) is 4.79 Å². The summed E-state index contributed by atoms with van der Waals surface area (Å²) in [5.74, 6) is -0.146. The molecule has 1 atom stereocenters. The van der Waals surface area contributed by atoms with Gasteiger partial charge in [-0.15, -0.1) is 0 Å². The van der Waals surface area contributed by atoms with E-state index in [0.717, 1.165) is 6.42 Å². The van der Waals surface area contributed by atoms with Crippen LogP contribution in [0.5, 0.6) is 0 Å². The van der Waals surface area contributed by atoms with Gasteiger partial charge < -0.3 is 11.1 Å². The fourth-order valence-corrected chi connectivity index (χ4v) is 1.88. The maximum absolute atomic E-state index is 11.8. The number of anilines is 1. The lowest BCUT2D eigenvalue weighted by molar-refractivity contribution is 0.0954. The Morgan fingerprint density at radius 3 is 2.88 bits per heavy atom. The second-order valence-corrected chi connectivity index (χ2v) is 5.54. The summed E-state index contributed by atoms with van der Waals surface area (Å²) < 4.78 is 0. The molecule has 17 heavy (non-hydrogen) atoms. The van der Waals surface area contributed by atoms with Gasteiger partial charge in [-0.1, -0.05) is 18.5 Å². The van der Waals surface area contributed by atoms with Crippen molar-refractivity contribution in [3.8, 4) is 0 Å². The Hall–Kier alpha value is -0.870. The summed E-state index contributed by atoms with van der Waals surface area (Å²) in [6.07, 6.45) is 3.00. The van der Waals surface area contributed by atoms with E-state index >= 15 is 0 Å². The number of hydrogen-bond acceptors (Lipinski definition) is 3. The molecule has 3 nitrogen and oxygen atoms in total. The first-order valence-electron chi connectivity index (χ1n) is 5.40. The maximum atomic E-state index is 11.8. The second kappa shape index (κ2) is 6.77. The molecule has 1 unspecified atom stereocenters. The van der Waals surface area contributed by atoms with Gasteiger partial charge in [0, 0.05) is 22.5 Å². The fourth-order valence-electron chi connectivity index (χ4n) is 1.34. The SMILES string of the molecule is CSC(C)CCNC(=O)c1ccc(Cl)cc1N. The van der Waals surface area contributed by atoms with E-state index in [1.54, 1.807) is 30.0 Å². The van der Waals surface area contributed by atoms with Gasteiger partial charge in [0.15, 0.2) is 0 Å². The number of nitrogens with one attached hydrogen (secondary N) is 1. The molecule has 5 heteroatoms. The van der Waals surface area contributed by atoms with Crippen LogP contribution in [0.4, 0.5) is 5.69 Å². The van der Waals surface area contributed by atoms with E-state index in [2.05, 4.69) is 18.5 Å². The number of thioether (sulfide) groups is 1. The minimum Gasteiger partial charge on any atom is -0.398 e. The molecule has 1 rings (SSSR count). The minimum atomic E-state index is -0.146. The number of hydrogen-bond donors (Lipinski definition) is 2. The highest BCUT2D eigenvalue weighted by molar-refractivity contribution is 7.99. The number of halogens is 1. The molecule has 0 bridgehead atoms. The third kappa shape index (κ3) is 4.48. The first kappa shape index (κ1) is 14.2. The smallest absolute Gasteiger partial charge is 0.253 e. The average Bonchev–Trinajstić information content (AvgIpc) is 2.28. The van der Waals surface area contributed by atoms with Crippen molar-refractivity contribution in [3.05, 3.63) is 28.8 Å². The Morgan fingerprint density at radius 2 is 2.29 bits per heavy atom. The monoisotopic (exact) mass is 272 g/mol. The van der Waals surface area contributed by atoms with Gasteiger partial charge in [0.1, 0.15) is 0 Å². The standard InChI is InChI=1S/C12H17ClN2OS/c1-8(17-2)5-6-15-12(16)10-4-3-9(13)7-11(10)14/h3-4,7-8H,5-6,14H2,1-2H3,(H,15,16). The van der Waals surface area contributed by atoms with Crippen molar-refractivity contribution >= 4 is 35.0 Å². The van der Waals surface area contributed by atoms with Gasteiger partial charge >= 0.3 is 0 Å². The molecular weight excluding hydrogens is 256 g/mol.